The summed E-state index contributed by atoms with van der Waals surface area (Å²) in [5.41, 5.74) is -0.999. The number of hydrogen-bond acceptors (Lipinski definition) is 4. The van der Waals surface area contributed by atoms with Crippen molar-refractivity contribution in [1.29, 1.82) is 5.26 Å². The first kappa shape index (κ1) is 15.4. The van der Waals surface area contributed by atoms with Crippen molar-refractivity contribution in [3.63, 3.8) is 0 Å². The molecule has 0 saturated carbocycles. The minimum Gasteiger partial charge on any atom is -0.737 e. The van der Waals surface area contributed by atoms with Crippen molar-refractivity contribution in [3.05, 3.63) is 40.2 Å². The molecule has 1 rings (SSSR count). The van der Waals surface area contributed by atoms with Gasteiger partial charge in [0.25, 0.3) is 0 Å². The molecule has 0 atom stereocenters. The lowest BCUT2D eigenvalue weighted by Crippen LogP contribution is -2.55. The van der Waals surface area contributed by atoms with Crippen molar-refractivity contribution < 1.29 is 26.9 Å². The molecule has 0 heterocycles. The van der Waals surface area contributed by atoms with E-state index in [1.54, 1.807) is 6.07 Å². The Labute approximate surface area is 108 Å². The van der Waals surface area contributed by atoms with Gasteiger partial charge in [0.2, 0.25) is 0 Å². The lowest BCUT2D eigenvalue weighted by Gasteiger charge is -2.28. The zero-order chi connectivity index (χ0) is 15.6. The normalized spacial score (nSPS) is 12.9. The van der Waals surface area contributed by atoms with E-state index in [-0.39, 0.29) is 5.56 Å². The molecular formula is C9H4F5N4O2-. The van der Waals surface area contributed by atoms with Crippen LogP contribution in [0.2, 0.25) is 0 Å². The number of nitriles is 1. The topological polar surface area (TPSA) is 88.5 Å². The summed E-state index contributed by atoms with van der Waals surface area (Å²) >= 11 is 0. The van der Waals surface area contributed by atoms with Crippen LogP contribution in [0.4, 0.5) is 27.6 Å². The Morgan fingerprint density at radius 1 is 1.15 bits per heavy atom. The van der Waals surface area contributed by atoms with E-state index >= 15 is 0 Å². The van der Waals surface area contributed by atoms with Crippen molar-refractivity contribution in [3.8, 4) is 6.07 Å². The summed E-state index contributed by atoms with van der Waals surface area (Å²) in [5.74, 6) is 0. The standard InChI is InChI=1S/C9H5F5N4O2/c10-8(11,12)9(13,14)17(18(20)16-19)7-3-1-6(5-15)2-4-7/h1-4,19H/p-1/b18-16-. The van der Waals surface area contributed by atoms with Crippen molar-refractivity contribution in [2.75, 3.05) is 5.01 Å². The van der Waals surface area contributed by atoms with Crippen LogP contribution in [0.1, 0.15) is 5.56 Å². The van der Waals surface area contributed by atoms with E-state index < -0.39 is 27.9 Å². The highest BCUT2D eigenvalue weighted by Gasteiger charge is 2.67. The van der Waals surface area contributed by atoms with Gasteiger partial charge in [-0.15, -0.1) is 0 Å². The number of halogens is 5. The molecule has 6 nitrogen and oxygen atoms in total. The van der Waals surface area contributed by atoms with Crippen LogP contribution in [-0.4, -0.2) is 17.2 Å². The summed E-state index contributed by atoms with van der Waals surface area (Å²) in [5, 5.41) is 29.7. The third kappa shape index (κ3) is 2.68. The fourth-order valence-electron chi connectivity index (χ4n) is 1.20. The van der Waals surface area contributed by atoms with Gasteiger partial charge in [-0.1, -0.05) is 0 Å². The first-order chi connectivity index (χ1) is 9.15. The van der Waals surface area contributed by atoms with Crippen LogP contribution in [0.5, 0.6) is 0 Å². The van der Waals surface area contributed by atoms with Crippen LogP contribution in [0.15, 0.2) is 29.5 Å². The highest BCUT2D eigenvalue weighted by molar-refractivity contribution is 5.48. The van der Waals surface area contributed by atoms with E-state index in [0.717, 1.165) is 12.1 Å². The van der Waals surface area contributed by atoms with Gasteiger partial charge in [0, 0.05) is 4.97 Å². The van der Waals surface area contributed by atoms with Crippen molar-refractivity contribution in [2.24, 2.45) is 5.28 Å². The van der Waals surface area contributed by atoms with E-state index in [9.17, 15) is 32.4 Å². The maximum absolute atomic E-state index is 13.2. The van der Waals surface area contributed by atoms with E-state index in [2.05, 4.69) is 0 Å². The molecule has 0 aliphatic heterocycles. The summed E-state index contributed by atoms with van der Waals surface area (Å²) in [6.07, 6.45) is -6.12. The fraction of sp³-hybridized carbons (Fsp3) is 0.222. The summed E-state index contributed by atoms with van der Waals surface area (Å²) in [6, 6.07) is -0.969. The molecule has 0 amide bonds. The Bertz CT molecular complexity index is 549. The minimum absolute atomic E-state index is 0.0412. The Balaban J connectivity index is 3.37. The van der Waals surface area contributed by atoms with Gasteiger partial charge in [-0.2, -0.15) is 27.2 Å². The van der Waals surface area contributed by atoms with E-state index in [1.807, 2.05) is 0 Å². The van der Waals surface area contributed by atoms with Gasteiger partial charge in [-0.3, -0.25) is 0 Å². The number of hydrogen-bond donors (Lipinski definition) is 0. The van der Waals surface area contributed by atoms with Crippen molar-refractivity contribution in [2.45, 2.75) is 12.2 Å². The van der Waals surface area contributed by atoms with Gasteiger partial charge in [0.05, 0.1) is 11.6 Å². The van der Waals surface area contributed by atoms with Crippen LogP contribution in [0.25, 0.3) is 0 Å². The number of rotatable bonds is 3. The summed E-state index contributed by atoms with van der Waals surface area (Å²) < 4.78 is 63.2. The van der Waals surface area contributed by atoms with Gasteiger partial charge in [0.1, 0.15) is 5.69 Å². The zero-order valence-electron chi connectivity index (χ0n) is 9.30. The molecule has 1 aromatic carbocycles. The van der Waals surface area contributed by atoms with E-state index in [4.69, 9.17) is 5.26 Å². The lowest BCUT2D eigenvalue weighted by molar-refractivity contribution is -0.577. The van der Waals surface area contributed by atoms with Crippen LogP contribution in [0, 0.1) is 21.7 Å². The van der Waals surface area contributed by atoms with Gasteiger partial charge >= 0.3 is 12.2 Å². The van der Waals surface area contributed by atoms with Crippen LogP contribution in [-0.2, 0) is 0 Å². The largest absolute Gasteiger partial charge is 0.737 e. The predicted octanol–water partition coefficient (Wildman–Crippen LogP) is 2.90. The summed E-state index contributed by atoms with van der Waals surface area (Å²) in [4.78, 5) is -1.42. The maximum atomic E-state index is 13.2. The molecule has 0 N–H and O–H groups in total. The molecule has 0 aromatic heterocycles. The monoisotopic (exact) mass is 295 g/mol. The van der Waals surface area contributed by atoms with E-state index in [1.165, 1.54) is 5.28 Å². The quantitative estimate of drug-likeness (QED) is 0.282. The predicted molar refractivity (Wildman–Crippen MR) is 54.1 cm³/mol. The SMILES string of the molecule is N#Cc1ccc(N(/[N+]([O-])=N/[O-])C(F)(F)C(F)(F)F)cc1. The van der Waals surface area contributed by atoms with Crippen LogP contribution < -0.4 is 5.01 Å². The third-order valence-corrected chi connectivity index (χ3v) is 2.09. The third-order valence-electron chi connectivity index (χ3n) is 2.09. The van der Waals surface area contributed by atoms with Gasteiger partial charge in [0.15, 0.2) is 0 Å². The van der Waals surface area contributed by atoms with Gasteiger partial charge in [-0.25, -0.2) is 0 Å². The molecule has 0 spiro atoms. The molecule has 108 valence electrons. The number of anilines is 1. The zero-order valence-corrected chi connectivity index (χ0v) is 9.30. The summed E-state index contributed by atoms with van der Waals surface area (Å²) in [7, 11) is 0. The lowest BCUT2D eigenvalue weighted by atomic mass is 10.2. The smallest absolute Gasteiger partial charge is 0.481 e. The second-order valence-corrected chi connectivity index (χ2v) is 3.34. The van der Waals surface area contributed by atoms with Crippen LogP contribution in [0.3, 0.4) is 0 Å². The molecule has 1 aromatic rings. The average Bonchev–Trinajstić information content (AvgIpc) is 2.38. The first-order valence-electron chi connectivity index (χ1n) is 4.70. The molecule has 11 heteroatoms. The maximum Gasteiger partial charge on any atom is 0.481 e. The number of nitrogens with zero attached hydrogens (tertiary/aromatic N) is 4. The van der Waals surface area contributed by atoms with Crippen LogP contribution >= 0.6 is 0 Å². The number of alkyl halides is 5. The number of hydrazine groups is 1. The highest BCUT2D eigenvalue weighted by Crippen LogP contribution is 2.40. The second-order valence-electron chi connectivity index (χ2n) is 3.34. The Morgan fingerprint density at radius 3 is 2.00 bits per heavy atom. The van der Waals surface area contributed by atoms with Crippen molar-refractivity contribution >= 4 is 5.69 Å². The Kier molecular flexibility index (Phi) is 3.97. The Hall–Kier alpha value is -2.64. The average molecular weight is 295 g/mol. The number of benzene rings is 1. The second kappa shape index (κ2) is 5.16. The highest BCUT2D eigenvalue weighted by atomic mass is 19.4. The molecule has 0 radical (unpaired) electrons. The molecule has 0 aliphatic rings. The fourth-order valence-corrected chi connectivity index (χ4v) is 1.20. The first-order valence-corrected chi connectivity index (χ1v) is 4.70. The molecule has 0 aliphatic carbocycles. The molecule has 0 saturated heterocycles. The molecule has 0 unspecified atom stereocenters. The van der Waals surface area contributed by atoms with Gasteiger partial charge < -0.3 is 10.4 Å². The molecule has 0 bridgehead atoms. The summed E-state index contributed by atoms with van der Waals surface area (Å²) in [6.45, 7) is 0. The van der Waals surface area contributed by atoms with Crippen molar-refractivity contribution in [1.82, 2.24) is 0 Å². The minimum atomic E-state index is -6.12. The molecular weight excluding hydrogens is 291 g/mol. The Morgan fingerprint density at radius 2 is 1.65 bits per heavy atom. The van der Waals surface area contributed by atoms with E-state index in [0.29, 0.717) is 12.1 Å². The van der Waals surface area contributed by atoms with Gasteiger partial charge in [-0.05, 0) is 34.6 Å². The molecule has 20 heavy (non-hydrogen) atoms. The molecule has 0 fully saturated rings.